The van der Waals surface area contributed by atoms with E-state index in [1.165, 1.54) is 205 Å². The first-order chi connectivity index (χ1) is 50.6. The SMILES string of the molecule is c1ccc2c(c1)c1ccccc1n2-c1ccc(-c2ccc(-n3c4ccccc4c4ccccc43)cc2)cc1.c1ccc2c(c1)sc1ccc(-c3cc4c5ccccc5n5c6ccccc6c(c3)c45)cc12.c1ccc2c(c1)sc1ccc(-c3ccc4c(c3)c3cccc5c6ccccc6n4c53)cc12. The van der Waals surface area contributed by atoms with Gasteiger partial charge in [-0.2, -0.15) is 0 Å². The molecule has 24 aromatic rings. The molecule has 0 radical (unpaired) electrons. The summed E-state index contributed by atoms with van der Waals surface area (Å²) in [5.41, 5.74) is 22.6. The lowest BCUT2D eigenvalue weighted by Crippen LogP contribution is -1.94. The highest BCUT2D eigenvalue weighted by Crippen LogP contribution is 2.46. The van der Waals surface area contributed by atoms with Crippen LogP contribution in [0.5, 0.6) is 0 Å². The number of fused-ring (bicyclic) bond motifs is 24. The van der Waals surface area contributed by atoms with E-state index >= 15 is 0 Å². The Kier molecular flexibility index (Phi) is 12.5. The lowest BCUT2D eigenvalue weighted by Gasteiger charge is -2.11. The topological polar surface area (TPSA) is 18.7 Å². The van der Waals surface area contributed by atoms with Gasteiger partial charge in [0.2, 0.25) is 0 Å². The summed E-state index contributed by atoms with van der Waals surface area (Å²) in [5.74, 6) is 0. The summed E-state index contributed by atoms with van der Waals surface area (Å²) in [6.07, 6.45) is 0. The van der Waals surface area contributed by atoms with Crippen molar-refractivity contribution in [1.29, 1.82) is 0 Å². The first kappa shape index (κ1) is 57.1. The number of rotatable bonds is 5. The second kappa shape index (κ2) is 22.3. The summed E-state index contributed by atoms with van der Waals surface area (Å²) in [6.45, 7) is 0. The number of para-hydroxylation sites is 8. The first-order valence-corrected chi connectivity index (χ1v) is 36.6. The minimum absolute atomic E-state index is 1.17. The number of benzene rings is 16. The van der Waals surface area contributed by atoms with Crippen LogP contribution in [0, 0.1) is 0 Å². The normalized spacial score (nSPS) is 12.1. The molecule has 102 heavy (non-hydrogen) atoms. The fourth-order valence-corrected chi connectivity index (χ4v) is 19.2. The van der Waals surface area contributed by atoms with Crippen molar-refractivity contribution in [3.05, 3.63) is 352 Å². The molecule has 8 aromatic heterocycles. The van der Waals surface area contributed by atoms with Crippen molar-refractivity contribution < 1.29 is 0 Å². The zero-order chi connectivity index (χ0) is 66.7. The van der Waals surface area contributed by atoms with Gasteiger partial charge in [-0.05, 0) is 161 Å². The van der Waals surface area contributed by atoms with Gasteiger partial charge in [0.05, 0.1) is 55.2 Å². The second-order valence-corrected chi connectivity index (χ2v) is 29.2. The molecule has 0 bridgehead atoms. The molecule has 0 fully saturated rings. The lowest BCUT2D eigenvalue weighted by atomic mass is 9.98. The number of hydrogen-bond donors (Lipinski definition) is 0. The molecule has 0 atom stereocenters. The Morgan fingerprint density at radius 3 is 0.843 bits per heavy atom. The van der Waals surface area contributed by atoms with Crippen LogP contribution in [0.15, 0.2) is 352 Å². The summed E-state index contributed by atoms with van der Waals surface area (Å²) >= 11 is 3.75. The van der Waals surface area contributed by atoms with Gasteiger partial charge in [-0.25, -0.2) is 0 Å². The highest BCUT2D eigenvalue weighted by molar-refractivity contribution is 7.26. The van der Waals surface area contributed by atoms with Crippen molar-refractivity contribution in [1.82, 2.24) is 17.9 Å². The molecule has 0 aliphatic rings. The van der Waals surface area contributed by atoms with E-state index in [9.17, 15) is 0 Å². The highest BCUT2D eigenvalue weighted by Gasteiger charge is 2.22. The summed E-state index contributed by atoms with van der Waals surface area (Å²) in [6, 6.07) is 128. The van der Waals surface area contributed by atoms with E-state index in [0.29, 0.717) is 0 Å². The van der Waals surface area contributed by atoms with Crippen LogP contribution in [-0.2, 0) is 0 Å². The predicted molar refractivity (Wildman–Crippen MR) is 439 cm³/mol. The van der Waals surface area contributed by atoms with E-state index in [1.54, 1.807) is 0 Å². The zero-order valence-corrected chi connectivity index (χ0v) is 56.7. The van der Waals surface area contributed by atoms with E-state index in [0.717, 1.165) is 0 Å². The largest absolute Gasteiger partial charge is 0.309 e. The zero-order valence-electron chi connectivity index (χ0n) is 55.1. The Hall–Kier alpha value is -12.8. The van der Waals surface area contributed by atoms with Gasteiger partial charge in [-0.3, -0.25) is 0 Å². The first-order valence-electron chi connectivity index (χ1n) is 35.0. The summed E-state index contributed by atoms with van der Waals surface area (Å²) < 4.78 is 15.0. The van der Waals surface area contributed by atoms with Crippen LogP contribution in [0.1, 0.15) is 0 Å². The average Bonchev–Trinajstić information content (AvgIpc) is 1.55. The van der Waals surface area contributed by atoms with Gasteiger partial charge in [0.1, 0.15) is 0 Å². The molecule has 0 aliphatic heterocycles. The van der Waals surface area contributed by atoms with Gasteiger partial charge in [-0.1, -0.05) is 224 Å². The molecule has 0 amide bonds. The number of nitrogens with zero attached hydrogens (tertiary/aromatic N) is 4. The molecular weight excluding hydrogens is 1270 g/mol. The van der Waals surface area contributed by atoms with Crippen molar-refractivity contribution in [3.8, 4) is 44.8 Å². The van der Waals surface area contributed by atoms with Crippen LogP contribution in [0.25, 0.3) is 205 Å². The van der Waals surface area contributed by atoms with Crippen molar-refractivity contribution in [3.63, 3.8) is 0 Å². The Balaban J connectivity index is 0.0000000972. The molecule has 474 valence electrons. The number of thiophene rings is 2. The summed E-state index contributed by atoms with van der Waals surface area (Å²) in [4.78, 5) is 0. The number of hydrogen-bond acceptors (Lipinski definition) is 2. The van der Waals surface area contributed by atoms with Crippen LogP contribution in [0.3, 0.4) is 0 Å². The van der Waals surface area contributed by atoms with Crippen molar-refractivity contribution in [2.75, 3.05) is 0 Å². The van der Waals surface area contributed by atoms with E-state index in [2.05, 4.69) is 370 Å². The predicted octanol–water partition coefficient (Wildman–Crippen LogP) is 27.3. The monoisotopic (exact) mass is 1330 g/mol. The van der Waals surface area contributed by atoms with Gasteiger partial charge in [0.25, 0.3) is 0 Å². The Morgan fingerprint density at radius 1 is 0.157 bits per heavy atom. The highest BCUT2D eigenvalue weighted by atomic mass is 32.1. The van der Waals surface area contributed by atoms with Gasteiger partial charge in [-0.15, -0.1) is 22.7 Å². The maximum atomic E-state index is 2.44. The van der Waals surface area contributed by atoms with Gasteiger partial charge in [0.15, 0.2) is 0 Å². The molecule has 0 aliphatic carbocycles. The van der Waals surface area contributed by atoms with Crippen LogP contribution in [0.4, 0.5) is 0 Å². The molecule has 0 unspecified atom stereocenters. The third-order valence-corrected chi connectivity index (χ3v) is 23.9. The maximum Gasteiger partial charge on any atom is 0.0620 e. The molecule has 8 heterocycles. The summed E-state index contributed by atoms with van der Waals surface area (Å²) in [5, 5.41) is 21.2. The minimum atomic E-state index is 1.17. The molecule has 0 saturated carbocycles. The molecule has 6 heteroatoms. The maximum absolute atomic E-state index is 2.44. The van der Waals surface area contributed by atoms with E-state index in [4.69, 9.17) is 0 Å². The standard InChI is InChI=1S/C36H24N2.2C30H17NS/c1-5-13-33-29(9-1)30-10-2-6-14-34(30)37(33)27-21-17-25(18-22-27)26-19-23-28(24-20-26)38-35-15-7-3-11-31(35)32-12-4-8-16-36(32)38;1-4-10-26-20(7-1)24-16-19(17-25-21-8-2-5-11-27(21)31(26)30(24)25)18-13-14-29-23(15-18)22-9-3-6-12-28(22)32-29;1-3-10-26-20(6-1)22-8-5-9-23-24-16-18(12-14-27(24)31(26)30(22)23)19-13-15-29-25(17-19)21-7-2-4-11-28(21)32-29/h1-24H;2*1-17H. The average molecular weight is 1330 g/mol. The molecule has 16 aromatic carbocycles. The molecule has 4 nitrogen and oxygen atoms in total. The van der Waals surface area contributed by atoms with Gasteiger partial charge < -0.3 is 17.9 Å². The molecule has 0 spiro atoms. The van der Waals surface area contributed by atoms with Crippen LogP contribution >= 0.6 is 22.7 Å². The Labute approximate surface area is 593 Å². The smallest absolute Gasteiger partial charge is 0.0620 e. The number of aromatic nitrogens is 4. The molecule has 0 N–H and O–H groups in total. The fraction of sp³-hybridized carbons (Fsp3) is 0. The molecule has 0 saturated heterocycles. The van der Waals surface area contributed by atoms with E-state index in [1.807, 2.05) is 22.7 Å². The van der Waals surface area contributed by atoms with E-state index < -0.39 is 0 Å². The quantitative estimate of drug-likeness (QED) is 0.164. The lowest BCUT2D eigenvalue weighted by molar-refractivity contribution is 1.18. The van der Waals surface area contributed by atoms with Crippen molar-refractivity contribution >= 4 is 183 Å². The fourth-order valence-electron chi connectivity index (χ4n) is 17.0. The van der Waals surface area contributed by atoms with E-state index in [-0.39, 0.29) is 0 Å². The van der Waals surface area contributed by atoms with Crippen molar-refractivity contribution in [2.45, 2.75) is 0 Å². The minimum Gasteiger partial charge on any atom is -0.309 e. The van der Waals surface area contributed by atoms with Crippen LogP contribution in [-0.4, -0.2) is 17.9 Å². The molecular formula is C96H58N4S2. The second-order valence-electron chi connectivity index (χ2n) is 27.0. The Morgan fingerprint density at radius 2 is 0.422 bits per heavy atom. The molecule has 24 rings (SSSR count). The van der Waals surface area contributed by atoms with Crippen molar-refractivity contribution in [2.24, 2.45) is 0 Å². The van der Waals surface area contributed by atoms with Crippen LogP contribution < -0.4 is 0 Å². The Bertz CT molecular complexity index is 7150. The summed E-state index contributed by atoms with van der Waals surface area (Å²) in [7, 11) is 0. The van der Waals surface area contributed by atoms with Crippen LogP contribution in [0.2, 0.25) is 0 Å². The third kappa shape index (κ3) is 8.55. The third-order valence-electron chi connectivity index (χ3n) is 21.6. The van der Waals surface area contributed by atoms with Gasteiger partial charge in [0, 0.05) is 116 Å². The van der Waals surface area contributed by atoms with Gasteiger partial charge >= 0.3 is 0 Å².